The van der Waals surface area contributed by atoms with Gasteiger partial charge >= 0.3 is 0 Å². The van der Waals surface area contributed by atoms with E-state index in [-0.39, 0.29) is 0 Å². The molecule has 0 atom stereocenters. The second kappa shape index (κ2) is 7.03. The number of nitrogens with zero attached hydrogens (tertiary/aromatic N) is 2. The Hall–Kier alpha value is -1.59. The molecule has 2 aliphatic rings. The molecule has 0 unspecified atom stereocenters. The summed E-state index contributed by atoms with van der Waals surface area (Å²) in [5, 5.41) is 0. The van der Waals surface area contributed by atoms with Crippen molar-refractivity contribution >= 4 is 10.0 Å². The summed E-state index contributed by atoms with van der Waals surface area (Å²) in [6.45, 7) is 8.15. The van der Waals surface area contributed by atoms with Gasteiger partial charge in [0.05, 0.1) is 4.90 Å². The van der Waals surface area contributed by atoms with E-state index in [1.54, 1.807) is 10.4 Å². The van der Waals surface area contributed by atoms with Crippen LogP contribution in [0.2, 0.25) is 0 Å². The number of aromatic nitrogens is 1. The normalized spacial score (nSPS) is 19.7. The van der Waals surface area contributed by atoms with Crippen LogP contribution >= 0.6 is 0 Å². The first-order valence-electron chi connectivity index (χ1n) is 10.4. The number of benzene rings is 1. The molecule has 5 heteroatoms. The zero-order valence-corrected chi connectivity index (χ0v) is 18.4. The number of hydrogen-bond donors (Lipinski definition) is 0. The van der Waals surface area contributed by atoms with Crippen molar-refractivity contribution in [2.45, 2.75) is 64.2 Å². The number of sulfonamides is 1. The largest absolute Gasteiger partial charge is 0.351 e. The Morgan fingerprint density at radius 2 is 1.79 bits per heavy atom. The van der Waals surface area contributed by atoms with E-state index in [9.17, 15) is 8.42 Å². The molecule has 1 fully saturated rings. The highest BCUT2D eigenvalue weighted by Crippen LogP contribution is 2.39. The molecule has 4 nitrogen and oxygen atoms in total. The average Bonchev–Trinajstić information content (AvgIpc) is 3.26. The Labute approximate surface area is 169 Å². The number of rotatable bonds is 4. The Morgan fingerprint density at radius 1 is 1.11 bits per heavy atom. The van der Waals surface area contributed by atoms with E-state index >= 15 is 0 Å². The SMILES string of the molecule is Cc1c(Cc2ccccc2S(=O)(=O)N2CCCC2)c2c(n1C)CCC(C)(C)C2. The molecule has 0 N–H and O–H groups in total. The number of fused-ring (bicyclic) bond motifs is 1. The van der Waals surface area contributed by atoms with Crippen molar-refractivity contribution in [2.24, 2.45) is 12.5 Å². The van der Waals surface area contributed by atoms with Gasteiger partial charge in [0, 0.05) is 37.9 Å². The average molecular weight is 401 g/mol. The van der Waals surface area contributed by atoms with Gasteiger partial charge in [-0.25, -0.2) is 8.42 Å². The predicted octanol–water partition coefficient (Wildman–Crippen LogP) is 4.22. The van der Waals surface area contributed by atoms with Crippen molar-refractivity contribution in [1.82, 2.24) is 8.87 Å². The summed E-state index contributed by atoms with van der Waals surface area (Å²) in [5.41, 5.74) is 6.72. The summed E-state index contributed by atoms with van der Waals surface area (Å²) in [7, 11) is -1.26. The van der Waals surface area contributed by atoms with E-state index in [1.807, 2.05) is 18.2 Å². The Kier molecular flexibility index (Phi) is 4.95. The molecule has 2 heterocycles. The molecular weight excluding hydrogens is 368 g/mol. The fourth-order valence-corrected chi connectivity index (χ4v) is 6.68. The third-order valence-corrected chi connectivity index (χ3v) is 8.77. The highest BCUT2D eigenvalue weighted by Gasteiger charge is 2.32. The first kappa shape index (κ1) is 19.7. The first-order chi connectivity index (χ1) is 13.2. The van der Waals surface area contributed by atoms with Crippen molar-refractivity contribution < 1.29 is 8.42 Å². The highest BCUT2D eigenvalue weighted by molar-refractivity contribution is 7.89. The summed E-state index contributed by atoms with van der Waals surface area (Å²) in [6.07, 6.45) is 5.99. The van der Waals surface area contributed by atoms with E-state index in [0.717, 1.165) is 31.2 Å². The lowest BCUT2D eigenvalue weighted by atomic mass is 9.75. The molecule has 28 heavy (non-hydrogen) atoms. The molecule has 2 aromatic rings. The first-order valence-corrected chi connectivity index (χ1v) is 11.9. The third-order valence-electron chi connectivity index (χ3n) is 6.77. The fourth-order valence-electron chi connectivity index (χ4n) is 4.95. The smallest absolute Gasteiger partial charge is 0.243 e. The maximum absolute atomic E-state index is 13.2. The van der Waals surface area contributed by atoms with E-state index < -0.39 is 10.0 Å². The van der Waals surface area contributed by atoms with Crippen LogP contribution in [0.1, 0.15) is 61.2 Å². The second-order valence-corrected chi connectivity index (χ2v) is 11.2. The van der Waals surface area contributed by atoms with E-state index in [0.29, 0.717) is 29.8 Å². The predicted molar refractivity (Wildman–Crippen MR) is 113 cm³/mol. The molecule has 4 rings (SSSR count). The number of hydrogen-bond acceptors (Lipinski definition) is 2. The molecule has 0 saturated carbocycles. The fraction of sp³-hybridized carbons (Fsp3) is 0.565. The quantitative estimate of drug-likeness (QED) is 0.771. The lowest BCUT2D eigenvalue weighted by Crippen LogP contribution is -2.28. The van der Waals surface area contributed by atoms with Crippen LogP contribution in [0.3, 0.4) is 0 Å². The van der Waals surface area contributed by atoms with Gasteiger partial charge in [0.25, 0.3) is 0 Å². The van der Waals surface area contributed by atoms with E-state index in [1.165, 1.54) is 28.9 Å². The molecule has 0 spiro atoms. The van der Waals surface area contributed by atoms with Crippen LogP contribution in [0.15, 0.2) is 29.2 Å². The Bertz CT molecular complexity index is 996. The van der Waals surface area contributed by atoms with Crippen LogP contribution in [-0.4, -0.2) is 30.4 Å². The van der Waals surface area contributed by atoms with Gasteiger partial charge < -0.3 is 4.57 Å². The topological polar surface area (TPSA) is 42.3 Å². The van der Waals surface area contributed by atoms with Gasteiger partial charge in [-0.05, 0) is 67.2 Å². The second-order valence-electron chi connectivity index (χ2n) is 9.28. The van der Waals surface area contributed by atoms with Crippen molar-refractivity contribution in [2.75, 3.05) is 13.1 Å². The minimum absolute atomic E-state index is 0.302. The summed E-state index contributed by atoms with van der Waals surface area (Å²) >= 11 is 0. The lowest BCUT2D eigenvalue weighted by Gasteiger charge is -2.30. The lowest BCUT2D eigenvalue weighted by molar-refractivity contribution is 0.310. The van der Waals surface area contributed by atoms with Crippen LogP contribution < -0.4 is 0 Å². The molecule has 0 amide bonds. The molecule has 1 aliphatic carbocycles. The van der Waals surface area contributed by atoms with Crippen LogP contribution in [0.4, 0.5) is 0 Å². The van der Waals surface area contributed by atoms with E-state index in [4.69, 9.17) is 0 Å². The molecule has 0 radical (unpaired) electrons. The minimum Gasteiger partial charge on any atom is -0.351 e. The van der Waals surface area contributed by atoms with Crippen LogP contribution in [0.25, 0.3) is 0 Å². The third kappa shape index (κ3) is 3.33. The molecule has 0 bridgehead atoms. The molecule has 1 aromatic heterocycles. The monoisotopic (exact) mass is 400 g/mol. The van der Waals surface area contributed by atoms with Crippen LogP contribution in [0, 0.1) is 12.3 Å². The zero-order valence-electron chi connectivity index (χ0n) is 17.6. The van der Waals surface area contributed by atoms with Gasteiger partial charge in [-0.15, -0.1) is 0 Å². The summed E-state index contributed by atoms with van der Waals surface area (Å²) in [5.74, 6) is 0. The van der Waals surface area contributed by atoms with Gasteiger partial charge in [-0.3, -0.25) is 0 Å². The molecule has 1 saturated heterocycles. The van der Waals surface area contributed by atoms with Crippen LogP contribution in [0.5, 0.6) is 0 Å². The van der Waals surface area contributed by atoms with Gasteiger partial charge in [-0.2, -0.15) is 4.31 Å². The molecule has 152 valence electrons. The van der Waals surface area contributed by atoms with Gasteiger partial charge in [0.1, 0.15) is 0 Å². The highest BCUT2D eigenvalue weighted by atomic mass is 32.2. The van der Waals surface area contributed by atoms with Crippen molar-refractivity contribution in [3.8, 4) is 0 Å². The van der Waals surface area contributed by atoms with Gasteiger partial charge in [0.15, 0.2) is 0 Å². The van der Waals surface area contributed by atoms with Crippen LogP contribution in [-0.2, 0) is 36.3 Å². The standard InChI is InChI=1S/C23H32N2O2S/c1-17-19(20-16-23(2,3)12-11-21(20)24(17)4)15-18-9-5-6-10-22(18)28(26,27)25-13-7-8-14-25/h5-6,9-10H,7-8,11-16H2,1-4H3. The van der Waals surface area contributed by atoms with E-state index in [2.05, 4.69) is 32.4 Å². The zero-order chi connectivity index (χ0) is 20.1. The molecule has 1 aliphatic heterocycles. The minimum atomic E-state index is -3.41. The maximum Gasteiger partial charge on any atom is 0.243 e. The Balaban J connectivity index is 1.76. The summed E-state index contributed by atoms with van der Waals surface area (Å²) < 4.78 is 30.5. The molecule has 1 aromatic carbocycles. The van der Waals surface area contributed by atoms with Gasteiger partial charge in [0.2, 0.25) is 10.0 Å². The van der Waals surface area contributed by atoms with Crippen molar-refractivity contribution in [1.29, 1.82) is 0 Å². The Morgan fingerprint density at radius 3 is 2.50 bits per heavy atom. The molecular formula is C23H32N2O2S. The summed E-state index contributed by atoms with van der Waals surface area (Å²) in [4.78, 5) is 0.490. The van der Waals surface area contributed by atoms with Crippen molar-refractivity contribution in [3.05, 3.63) is 52.3 Å². The summed E-state index contributed by atoms with van der Waals surface area (Å²) in [6, 6.07) is 7.60. The maximum atomic E-state index is 13.2. The van der Waals surface area contributed by atoms with Gasteiger partial charge in [-0.1, -0.05) is 32.0 Å². The van der Waals surface area contributed by atoms with Crippen molar-refractivity contribution in [3.63, 3.8) is 0 Å².